The van der Waals surface area contributed by atoms with E-state index in [-0.39, 0.29) is 5.54 Å². The Bertz CT molecular complexity index is 314. The molecular formula is C22H43NO. The zero-order chi connectivity index (χ0) is 18.1. The van der Waals surface area contributed by atoms with Gasteiger partial charge in [-0.2, -0.15) is 0 Å². The van der Waals surface area contributed by atoms with Gasteiger partial charge in [0.25, 0.3) is 0 Å². The predicted molar refractivity (Wildman–Crippen MR) is 107 cm³/mol. The van der Waals surface area contributed by atoms with Crippen molar-refractivity contribution in [3.63, 3.8) is 0 Å². The third-order valence-corrected chi connectivity index (χ3v) is 4.37. The van der Waals surface area contributed by atoms with Crippen LogP contribution in [0.4, 0.5) is 0 Å². The highest BCUT2D eigenvalue weighted by atomic mass is 16.1. The summed E-state index contributed by atoms with van der Waals surface area (Å²) in [5, 5.41) is 0. The van der Waals surface area contributed by atoms with Crippen LogP contribution < -0.4 is 5.73 Å². The van der Waals surface area contributed by atoms with Crippen molar-refractivity contribution in [3.8, 4) is 0 Å². The predicted octanol–water partition coefficient (Wildman–Crippen LogP) is 6.72. The molecule has 0 aliphatic heterocycles. The van der Waals surface area contributed by atoms with E-state index in [1.165, 1.54) is 77.0 Å². The van der Waals surface area contributed by atoms with Gasteiger partial charge in [0.2, 0.25) is 0 Å². The number of carbonyl (C=O) groups excluding carboxylic acids is 1. The van der Waals surface area contributed by atoms with Crippen molar-refractivity contribution in [1.82, 2.24) is 0 Å². The summed E-state index contributed by atoms with van der Waals surface area (Å²) in [6, 6.07) is 0. The fraction of sp³-hybridized carbons (Fsp3) is 0.864. The van der Waals surface area contributed by atoms with E-state index in [9.17, 15) is 4.79 Å². The molecule has 0 heterocycles. The average molecular weight is 338 g/mol. The Hall–Kier alpha value is -0.630. The maximum absolute atomic E-state index is 11.7. The third kappa shape index (κ3) is 19.4. The minimum Gasteiger partial charge on any atom is -0.325 e. The minimum atomic E-state index is -0.348. The second kappa shape index (κ2) is 15.9. The Morgan fingerprint density at radius 3 is 1.75 bits per heavy atom. The maximum Gasteiger partial charge on any atom is 0.134 e. The molecule has 0 aromatic rings. The minimum absolute atomic E-state index is 0.320. The third-order valence-electron chi connectivity index (χ3n) is 4.37. The van der Waals surface area contributed by atoms with Crippen LogP contribution in [0.25, 0.3) is 0 Å². The molecule has 0 amide bonds. The van der Waals surface area contributed by atoms with Crippen molar-refractivity contribution < 1.29 is 4.79 Å². The summed E-state index contributed by atoms with van der Waals surface area (Å²) in [5.41, 5.74) is 5.52. The smallest absolute Gasteiger partial charge is 0.134 e. The molecule has 0 aromatic heterocycles. The van der Waals surface area contributed by atoms with Crippen molar-refractivity contribution in [3.05, 3.63) is 12.2 Å². The van der Waals surface area contributed by atoms with Crippen LogP contribution in [-0.2, 0) is 4.79 Å². The number of carbonyl (C=O) groups is 1. The van der Waals surface area contributed by atoms with Crippen LogP contribution in [0.3, 0.4) is 0 Å². The number of nitrogens with two attached hydrogens (primary N) is 1. The van der Waals surface area contributed by atoms with E-state index in [4.69, 9.17) is 5.73 Å². The molecule has 142 valence electrons. The Balaban J connectivity index is 3.25. The lowest BCUT2D eigenvalue weighted by atomic mass is 9.96. The van der Waals surface area contributed by atoms with Gasteiger partial charge in [-0.05, 0) is 46.0 Å². The van der Waals surface area contributed by atoms with Gasteiger partial charge in [-0.3, -0.25) is 4.79 Å². The standard InChI is InChI=1S/C22H43NO/c1-4-5-6-7-8-9-10-11-12-13-14-15-16-17-18-19-21(24)20-22(2,3)23/h11-12H,4-10,13-20,23H2,1-3H3. The lowest BCUT2D eigenvalue weighted by molar-refractivity contribution is -0.120. The van der Waals surface area contributed by atoms with E-state index in [1.54, 1.807) is 0 Å². The fourth-order valence-electron chi connectivity index (χ4n) is 2.99. The Morgan fingerprint density at radius 1 is 0.792 bits per heavy atom. The van der Waals surface area contributed by atoms with E-state index in [1.807, 2.05) is 13.8 Å². The summed E-state index contributed by atoms with van der Waals surface area (Å²) in [7, 11) is 0. The number of ketones is 1. The van der Waals surface area contributed by atoms with Gasteiger partial charge in [0, 0.05) is 18.4 Å². The van der Waals surface area contributed by atoms with Gasteiger partial charge < -0.3 is 5.73 Å². The number of unbranched alkanes of at least 4 members (excludes halogenated alkanes) is 11. The Kier molecular flexibility index (Phi) is 15.5. The van der Waals surface area contributed by atoms with Crippen LogP contribution >= 0.6 is 0 Å². The van der Waals surface area contributed by atoms with Crippen LogP contribution in [0.5, 0.6) is 0 Å². The molecule has 0 radical (unpaired) electrons. The summed E-state index contributed by atoms with van der Waals surface area (Å²) in [6.07, 6.45) is 22.8. The van der Waals surface area contributed by atoms with Crippen molar-refractivity contribution in [2.24, 2.45) is 5.73 Å². The molecule has 0 aromatic carbocycles. The highest BCUT2D eigenvalue weighted by Gasteiger charge is 2.15. The number of rotatable bonds is 17. The van der Waals surface area contributed by atoms with Gasteiger partial charge in [-0.15, -0.1) is 0 Å². The first kappa shape index (κ1) is 23.4. The molecule has 0 unspecified atom stereocenters. The Labute approximate surface area is 151 Å². The first-order valence-corrected chi connectivity index (χ1v) is 10.4. The molecular weight excluding hydrogens is 294 g/mol. The van der Waals surface area contributed by atoms with E-state index in [2.05, 4.69) is 19.1 Å². The van der Waals surface area contributed by atoms with Crippen molar-refractivity contribution in [2.45, 2.75) is 123 Å². The van der Waals surface area contributed by atoms with Gasteiger partial charge in [0.05, 0.1) is 0 Å². The highest BCUT2D eigenvalue weighted by molar-refractivity contribution is 5.79. The first-order chi connectivity index (χ1) is 11.5. The SMILES string of the molecule is CCCCCCCCC=CCCCCCCCC(=O)CC(C)(C)N. The molecule has 0 aliphatic carbocycles. The van der Waals surface area contributed by atoms with Crippen LogP contribution in [0.15, 0.2) is 12.2 Å². The van der Waals surface area contributed by atoms with Gasteiger partial charge >= 0.3 is 0 Å². The zero-order valence-corrected chi connectivity index (χ0v) is 16.7. The number of hydrogen-bond donors (Lipinski definition) is 1. The summed E-state index contributed by atoms with van der Waals surface area (Å²) >= 11 is 0. The van der Waals surface area contributed by atoms with Gasteiger partial charge in [-0.25, -0.2) is 0 Å². The van der Waals surface area contributed by atoms with Crippen LogP contribution in [0, 0.1) is 0 Å². The molecule has 24 heavy (non-hydrogen) atoms. The van der Waals surface area contributed by atoms with Crippen molar-refractivity contribution in [2.75, 3.05) is 0 Å². The van der Waals surface area contributed by atoms with E-state index >= 15 is 0 Å². The lowest BCUT2D eigenvalue weighted by Crippen LogP contribution is -2.34. The molecule has 0 spiro atoms. The molecule has 0 saturated heterocycles. The molecule has 0 saturated carbocycles. The Morgan fingerprint density at radius 2 is 1.25 bits per heavy atom. The summed E-state index contributed by atoms with van der Waals surface area (Å²) in [4.78, 5) is 11.7. The first-order valence-electron chi connectivity index (χ1n) is 10.4. The largest absolute Gasteiger partial charge is 0.325 e. The molecule has 0 fully saturated rings. The monoisotopic (exact) mass is 337 g/mol. The van der Waals surface area contributed by atoms with Gasteiger partial charge in [0.1, 0.15) is 5.78 Å². The van der Waals surface area contributed by atoms with E-state index in [0.717, 1.165) is 6.42 Å². The summed E-state index contributed by atoms with van der Waals surface area (Å²) in [5.74, 6) is 0.320. The van der Waals surface area contributed by atoms with Crippen LogP contribution in [-0.4, -0.2) is 11.3 Å². The molecule has 0 rings (SSSR count). The highest BCUT2D eigenvalue weighted by Crippen LogP contribution is 2.12. The fourth-order valence-corrected chi connectivity index (χ4v) is 2.99. The molecule has 0 atom stereocenters. The van der Waals surface area contributed by atoms with Crippen molar-refractivity contribution in [1.29, 1.82) is 0 Å². The topological polar surface area (TPSA) is 43.1 Å². The number of Topliss-reactive ketones (excluding diaryl/α,β-unsaturated/α-hetero) is 1. The lowest BCUT2D eigenvalue weighted by Gasteiger charge is -2.16. The molecule has 2 N–H and O–H groups in total. The van der Waals surface area contributed by atoms with Crippen molar-refractivity contribution >= 4 is 5.78 Å². The van der Waals surface area contributed by atoms with Crippen LogP contribution in [0.1, 0.15) is 117 Å². The summed E-state index contributed by atoms with van der Waals surface area (Å²) < 4.78 is 0. The normalized spacial score (nSPS) is 12.2. The molecule has 2 nitrogen and oxygen atoms in total. The maximum atomic E-state index is 11.7. The summed E-state index contributed by atoms with van der Waals surface area (Å²) in [6.45, 7) is 6.11. The van der Waals surface area contributed by atoms with E-state index < -0.39 is 0 Å². The molecule has 2 heteroatoms. The second-order valence-electron chi connectivity index (χ2n) is 8.04. The van der Waals surface area contributed by atoms with E-state index in [0.29, 0.717) is 18.6 Å². The molecule has 0 aliphatic rings. The quantitative estimate of drug-likeness (QED) is 0.236. The van der Waals surface area contributed by atoms with Crippen LogP contribution in [0.2, 0.25) is 0 Å². The van der Waals surface area contributed by atoms with Gasteiger partial charge in [-0.1, -0.05) is 70.4 Å². The average Bonchev–Trinajstić information content (AvgIpc) is 2.49. The zero-order valence-electron chi connectivity index (χ0n) is 16.7. The number of hydrogen-bond acceptors (Lipinski definition) is 2. The van der Waals surface area contributed by atoms with Gasteiger partial charge in [0.15, 0.2) is 0 Å². The number of allylic oxidation sites excluding steroid dienone is 2. The molecule has 0 bridgehead atoms. The second-order valence-corrected chi connectivity index (χ2v) is 8.04.